The van der Waals surface area contributed by atoms with E-state index < -0.39 is 16.2 Å². The summed E-state index contributed by atoms with van der Waals surface area (Å²) in [7, 11) is 0.695. The largest absolute Gasteiger partial charge is 0.469 e. The monoisotopic (exact) mass is 294 g/mol. The molecule has 0 aromatic rings. The van der Waals surface area contributed by atoms with E-state index in [1.807, 2.05) is 0 Å². The van der Waals surface area contributed by atoms with E-state index in [4.69, 9.17) is 4.74 Å². The summed E-state index contributed by atoms with van der Waals surface area (Å²) < 4.78 is 36.6. The zero-order valence-electron chi connectivity index (χ0n) is 11.7. The first-order chi connectivity index (χ1) is 8.87. The molecule has 0 radical (unpaired) electrons. The number of carbonyl (C=O) groups excluding carboxylic acids is 1. The Bertz CT molecular complexity index is 392. The van der Waals surface area contributed by atoms with Crippen molar-refractivity contribution in [1.82, 2.24) is 8.61 Å². The maximum absolute atomic E-state index is 12.2. The van der Waals surface area contributed by atoms with Crippen molar-refractivity contribution in [2.45, 2.75) is 25.4 Å². The van der Waals surface area contributed by atoms with Gasteiger partial charge >= 0.3 is 5.97 Å². The highest BCUT2D eigenvalue weighted by atomic mass is 32.2. The van der Waals surface area contributed by atoms with E-state index in [0.717, 1.165) is 17.1 Å². The highest BCUT2D eigenvalue weighted by Gasteiger charge is 2.28. The lowest BCUT2D eigenvalue weighted by Crippen LogP contribution is -2.43. The second kappa shape index (κ2) is 7.18. The molecule has 0 bridgehead atoms. The molecule has 1 aliphatic rings. The summed E-state index contributed by atoms with van der Waals surface area (Å²) in [5, 5.41) is 0. The number of likely N-dealkylation sites (N-methyl/N-ethyl adjacent to an activating group) is 1. The lowest BCUT2D eigenvalue weighted by Gasteiger charge is -2.25. The Kier molecular flexibility index (Phi) is 6.18. The molecule has 0 saturated carbocycles. The summed E-state index contributed by atoms with van der Waals surface area (Å²) in [5.74, 6) is -0.427. The maximum atomic E-state index is 12.2. The molecular weight excluding hydrogens is 272 g/mol. The number of hydrogen-bond acceptors (Lipinski definition) is 5. The third kappa shape index (κ3) is 4.72. The van der Waals surface area contributed by atoms with Crippen molar-refractivity contribution in [1.29, 1.82) is 0 Å². The molecule has 0 aromatic carbocycles. The molecule has 19 heavy (non-hydrogen) atoms. The average molecular weight is 294 g/mol. The lowest BCUT2D eigenvalue weighted by atomic mass is 10.2. The minimum Gasteiger partial charge on any atom is -0.469 e. The second-order valence-electron chi connectivity index (χ2n) is 4.57. The normalized spacial score (nSPS) is 20.2. The van der Waals surface area contributed by atoms with Crippen LogP contribution in [0.25, 0.3) is 0 Å². The van der Waals surface area contributed by atoms with Gasteiger partial charge in [0.25, 0.3) is 10.2 Å². The van der Waals surface area contributed by atoms with Crippen LogP contribution in [0.15, 0.2) is 0 Å². The SMILES string of the molecule is COC(=O)CCN(C)S(=O)(=O)N(C)CC1CCCO1. The van der Waals surface area contributed by atoms with Gasteiger partial charge in [-0.15, -0.1) is 0 Å². The van der Waals surface area contributed by atoms with Crippen LogP contribution in [0.5, 0.6) is 0 Å². The van der Waals surface area contributed by atoms with Gasteiger partial charge in [-0.25, -0.2) is 0 Å². The van der Waals surface area contributed by atoms with Crippen molar-refractivity contribution < 1.29 is 22.7 Å². The third-order valence-electron chi connectivity index (χ3n) is 3.13. The molecule has 1 rings (SSSR count). The fourth-order valence-corrected chi connectivity index (χ4v) is 3.03. The topological polar surface area (TPSA) is 76.2 Å². The molecule has 0 spiro atoms. The Morgan fingerprint density at radius 2 is 2.05 bits per heavy atom. The van der Waals surface area contributed by atoms with Crippen molar-refractivity contribution in [3.05, 3.63) is 0 Å². The third-order valence-corrected chi connectivity index (χ3v) is 5.04. The molecular formula is C11H22N2O5S. The van der Waals surface area contributed by atoms with E-state index in [9.17, 15) is 13.2 Å². The molecule has 1 fully saturated rings. The quantitative estimate of drug-likeness (QED) is 0.610. The minimum atomic E-state index is -3.55. The Labute approximate surface area is 114 Å². The van der Waals surface area contributed by atoms with Crippen LogP contribution >= 0.6 is 0 Å². The molecule has 1 heterocycles. The van der Waals surface area contributed by atoms with Gasteiger partial charge in [0, 0.05) is 33.8 Å². The van der Waals surface area contributed by atoms with E-state index in [1.165, 1.54) is 25.5 Å². The first-order valence-electron chi connectivity index (χ1n) is 6.24. The van der Waals surface area contributed by atoms with Crippen LogP contribution in [0.2, 0.25) is 0 Å². The van der Waals surface area contributed by atoms with Crippen LogP contribution in [0.3, 0.4) is 0 Å². The van der Waals surface area contributed by atoms with Crippen LogP contribution in [0, 0.1) is 0 Å². The van der Waals surface area contributed by atoms with Crippen LogP contribution in [0.1, 0.15) is 19.3 Å². The van der Waals surface area contributed by atoms with E-state index in [0.29, 0.717) is 13.2 Å². The van der Waals surface area contributed by atoms with Crippen molar-refractivity contribution >= 4 is 16.2 Å². The molecule has 7 nitrogen and oxygen atoms in total. The highest BCUT2D eigenvalue weighted by molar-refractivity contribution is 7.86. The summed E-state index contributed by atoms with van der Waals surface area (Å²) in [6.07, 6.45) is 1.86. The van der Waals surface area contributed by atoms with Gasteiger partial charge in [-0.2, -0.15) is 17.0 Å². The fraction of sp³-hybridized carbons (Fsp3) is 0.909. The molecule has 8 heteroatoms. The zero-order valence-corrected chi connectivity index (χ0v) is 12.5. The zero-order chi connectivity index (χ0) is 14.5. The van der Waals surface area contributed by atoms with Crippen molar-refractivity contribution in [3.8, 4) is 0 Å². The number of ether oxygens (including phenoxy) is 2. The van der Waals surface area contributed by atoms with Crippen molar-refractivity contribution in [2.75, 3.05) is 40.9 Å². The Hall–Kier alpha value is -0.700. The van der Waals surface area contributed by atoms with E-state index in [-0.39, 0.29) is 19.1 Å². The van der Waals surface area contributed by atoms with Crippen LogP contribution in [-0.4, -0.2) is 70.0 Å². The number of nitrogens with zero attached hydrogens (tertiary/aromatic N) is 2. The molecule has 0 N–H and O–H groups in total. The van der Waals surface area contributed by atoms with E-state index in [1.54, 1.807) is 0 Å². The van der Waals surface area contributed by atoms with Gasteiger partial charge in [-0.1, -0.05) is 0 Å². The first-order valence-corrected chi connectivity index (χ1v) is 7.63. The van der Waals surface area contributed by atoms with E-state index in [2.05, 4.69) is 4.74 Å². The summed E-state index contributed by atoms with van der Waals surface area (Å²) in [6.45, 7) is 1.13. The van der Waals surface area contributed by atoms with Crippen molar-refractivity contribution in [3.63, 3.8) is 0 Å². The lowest BCUT2D eigenvalue weighted by molar-refractivity contribution is -0.140. The van der Waals surface area contributed by atoms with Gasteiger partial charge in [0.1, 0.15) is 0 Å². The molecule has 0 aliphatic carbocycles. The average Bonchev–Trinajstić information content (AvgIpc) is 2.87. The van der Waals surface area contributed by atoms with Crippen LogP contribution in [0.4, 0.5) is 0 Å². The number of esters is 1. The molecule has 1 atom stereocenters. The number of methoxy groups -OCH3 is 1. The molecule has 0 aromatic heterocycles. The molecule has 1 aliphatic heterocycles. The fourth-order valence-electron chi connectivity index (χ4n) is 1.87. The van der Waals surface area contributed by atoms with Gasteiger partial charge in [0.05, 0.1) is 19.6 Å². The number of rotatable bonds is 7. The standard InChI is InChI=1S/C11H22N2O5S/c1-12(7-6-11(14)17-3)19(15,16)13(2)9-10-5-4-8-18-10/h10H,4-9H2,1-3H3. The van der Waals surface area contributed by atoms with Crippen LogP contribution in [-0.2, 0) is 24.5 Å². The summed E-state index contributed by atoms with van der Waals surface area (Å²) >= 11 is 0. The van der Waals surface area contributed by atoms with Crippen molar-refractivity contribution in [2.24, 2.45) is 0 Å². The van der Waals surface area contributed by atoms with Gasteiger partial charge in [-0.3, -0.25) is 4.79 Å². The first kappa shape index (κ1) is 16.4. The number of carbonyl (C=O) groups is 1. The highest BCUT2D eigenvalue weighted by Crippen LogP contribution is 2.15. The Morgan fingerprint density at radius 3 is 2.58 bits per heavy atom. The predicted molar refractivity (Wildman–Crippen MR) is 69.8 cm³/mol. The Morgan fingerprint density at radius 1 is 1.37 bits per heavy atom. The second-order valence-corrected chi connectivity index (χ2v) is 6.71. The molecule has 1 unspecified atom stereocenters. The van der Waals surface area contributed by atoms with Gasteiger partial charge in [0.2, 0.25) is 0 Å². The van der Waals surface area contributed by atoms with Gasteiger partial charge in [-0.05, 0) is 12.8 Å². The van der Waals surface area contributed by atoms with Gasteiger partial charge in [0.15, 0.2) is 0 Å². The molecule has 0 amide bonds. The summed E-state index contributed by atoms with van der Waals surface area (Å²) in [4.78, 5) is 11.0. The molecule has 112 valence electrons. The maximum Gasteiger partial charge on any atom is 0.306 e. The minimum absolute atomic E-state index is 0.0335. The van der Waals surface area contributed by atoms with Gasteiger partial charge < -0.3 is 9.47 Å². The van der Waals surface area contributed by atoms with E-state index >= 15 is 0 Å². The summed E-state index contributed by atoms with van der Waals surface area (Å²) in [6, 6.07) is 0. The van der Waals surface area contributed by atoms with Crippen LogP contribution < -0.4 is 0 Å². The smallest absolute Gasteiger partial charge is 0.306 e. The Balaban J connectivity index is 2.49. The molecule has 1 saturated heterocycles. The predicted octanol–water partition coefficient (Wildman–Crippen LogP) is -0.163. The number of hydrogen-bond donors (Lipinski definition) is 0. The summed E-state index contributed by atoms with van der Waals surface area (Å²) in [5.41, 5.74) is 0.